The quantitative estimate of drug-likeness (QED) is 0.923. The Kier molecular flexibility index (Phi) is 4.14. The Morgan fingerprint density at radius 2 is 2.29 bits per heavy atom. The lowest BCUT2D eigenvalue weighted by molar-refractivity contribution is -0.0265. The van der Waals surface area contributed by atoms with Gasteiger partial charge >= 0.3 is 0 Å². The second kappa shape index (κ2) is 6.29. The van der Waals surface area contributed by atoms with Crippen molar-refractivity contribution in [2.75, 3.05) is 19.7 Å². The number of carbonyl (C=O) groups is 1. The predicted octanol–water partition coefficient (Wildman–Crippen LogP) is 3.08. The SMILES string of the molecule is CC(C)c1n[nH]c([C@@H]2CN(C(=O)c3sccc3C3CC3)CCO2)n1. The van der Waals surface area contributed by atoms with Gasteiger partial charge < -0.3 is 9.64 Å². The molecule has 6 nitrogen and oxygen atoms in total. The third kappa shape index (κ3) is 2.98. The summed E-state index contributed by atoms with van der Waals surface area (Å²) in [5, 5.41) is 9.24. The standard InChI is InChI=1S/C17H22N4O2S/c1-10(2)15-18-16(20-19-15)13-9-21(6-7-23-13)17(22)14-12(5-8-24-14)11-3-4-11/h5,8,10-11,13H,3-4,6-7,9H2,1-2H3,(H,18,19,20)/t13-/m0/s1. The molecule has 0 bridgehead atoms. The number of aromatic amines is 1. The number of hydrogen-bond acceptors (Lipinski definition) is 5. The van der Waals surface area contributed by atoms with Crippen LogP contribution in [0.2, 0.25) is 0 Å². The molecule has 1 saturated carbocycles. The van der Waals surface area contributed by atoms with Crippen LogP contribution in [0.15, 0.2) is 11.4 Å². The Hall–Kier alpha value is -1.73. The summed E-state index contributed by atoms with van der Waals surface area (Å²) < 4.78 is 5.82. The Bertz CT molecular complexity index is 735. The molecule has 128 valence electrons. The van der Waals surface area contributed by atoms with E-state index in [1.165, 1.54) is 18.4 Å². The van der Waals surface area contributed by atoms with E-state index in [9.17, 15) is 4.79 Å². The van der Waals surface area contributed by atoms with Crippen LogP contribution in [-0.2, 0) is 4.74 Å². The first-order valence-corrected chi connectivity index (χ1v) is 9.42. The maximum atomic E-state index is 12.9. The van der Waals surface area contributed by atoms with Crippen molar-refractivity contribution in [1.82, 2.24) is 20.1 Å². The molecule has 1 atom stereocenters. The summed E-state index contributed by atoms with van der Waals surface area (Å²) in [6.45, 7) is 5.79. The number of ether oxygens (including phenoxy) is 1. The molecule has 1 N–H and O–H groups in total. The van der Waals surface area contributed by atoms with Crippen LogP contribution in [0.25, 0.3) is 0 Å². The second-order valence-electron chi connectivity index (χ2n) is 6.82. The number of H-pyrrole nitrogens is 1. The van der Waals surface area contributed by atoms with Gasteiger partial charge in [-0.15, -0.1) is 11.3 Å². The minimum atomic E-state index is -0.230. The van der Waals surface area contributed by atoms with Crippen LogP contribution in [0.1, 0.15) is 71.5 Å². The van der Waals surface area contributed by atoms with Crippen LogP contribution in [0.5, 0.6) is 0 Å². The van der Waals surface area contributed by atoms with Crippen molar-refractivity contribution in [3.63, 3.8) is 0 Å². The Labute approximate surface area is 145 Å². The molecule has 0 spiro atoms. The van der Waals surface area contributed by atoms with Gasteiger partial charge in [-0.05, 0) is 35.8 Å². The zero-order chi connectivity index (χ0) is 16.7. The molecule has 0 aromatic carbocycles. The largest absolute Gasteiger partial charge is 0.367 e. The van der Waals surface area contributed by atoms with Crippen molar-refractivity contribution in [1.29, 1.82) is 0 Å². The molecule has 0 radical (unpaired) electrons. The highest BCUT2D eigenvalue weighted by Crippen LogP contribution is 2.43. The first-order valence-electron chi connectivity index (χ1n) is 8.54. The number of aromatic nitrogens is 3. The van der Waals surface area contributed by atoms with E-state index in [1.807, 2.05) is 10.3 Å². The van der Waals surface area contributed by atoms with E-state index < -0.39 is 0 Å². The molecule has 2 aromatic rings. The van der Waals surface area contributed by atoms with Crippen molar-refractivity contribution >= 4 is 17.2 Å². The van der Waals surface area contributed by atoms with Crippen LogP contribution in [-0.4, -0.2) is 45.7 Å². The molecule has 24 heavy (non-hydrogen) atoms. The number of morpholine rings is 1. The molecule has 3 heterocycles. The molecule has 2 aromatic heterocycles. The van der Waals surface area contributed by atoms with Crippen LogP contribution < -0.4 is 0 Å². The number of thiophene rings is 1. The van der Waals surface area contributed by atoms with Crippen molar-refractivity contribution in [3.8, 4) is 0 Å². The highest BCUT2D eigenvalue weighted by atomic mass is 32.1. The molecular formula is C17H22N4O2S. The first kappa shape index (κ1) is 15.8. The fourth-order valence-electron chi connectivity index (χ4n) is 3.04. The molecule has 0 unspecified atom stereocenters. The average molecular weight is 346 g/mol. The van der Waals surface area contributed by atoms with Gasteiger partial charge in [0.25, 0.3) is 5.91 Å². The average Bonchev–Trinajstić information content (AvgIpc) is 3.13. The lowest BCUT2D eigenvalue weighted by atomic mass is 10.1. The van der Waals surface area contributed by atoms with Gasteiger partial charge in [0.2, 0.25) is 0 Å². The van der Waals surface area contributed by atoms with E-state index >= 15 is 0 Å². The van der Waals surface area contributed by atoms with E-state index in [0.717, 1.165) is 10.7 Å². The monoisotopic (exact) mass is 346 g/mol. The number of rotatable bonds is 4. The van der Waals surface area contributed by atoms with Gasteiger partial charge in [0, 0.05) is 12.5 Å². The summed E-state index contributed by atoms with van der Waals surface area (Å²) >= 11 is 1.56. The molecule has 1 amide bonds. The zero-order valence-corrected chi connectivity index (χ0v) is 14.8. The van der Waals surface area contributed by atoms with Gasteiger partial charge in [0.15, 0.2) is 11.6 Å². The molecule has 2 aliphatic rings. The van der Waals surface area contributed by atoms with Gasteiger partial charge in [-0.25, -0.2) is 4.98 Å². The molecule has 4 rings (SSSR count). The van der Waals surface area contributed by atoms with Gasteiger partial charge in [0.1, 0.15) is 6.10 Å². The Morgan fingerprint density at radius 3 is 3.00 bits per heavy atom. The smallest absolute Gasteiger partial charge is 0.264 e. The van der Waals surface area contributed by atoms with Crippen molar-refractivity contribution in [2.24, 2.45) is 0 Å². The second-order valence-corrected chi connectivity index (χ2v) is 7.74. The minimum absolute atomic E-state index is 0.129. The Balaban J connectivity index is 1.49. The number of amides is 1. The summed E-state index contributed by atoms with van der Waals surface area (Å²) in [6.07, 6.45) is 2.18. The summed E-state index contributed by atoms with van der Waals surface area (Å²) in [5.41, 5.74) is 1.23. The molecular weight excluding hydrogens is 324 g/mol. The normalized spacial score (nSPS) is 21.5. The topological polar surface area (TPSA) is 71.1 Å². The van der Waals surface area contributed by atoms with Crippen LogP contribution in [0.3, 0.4) is 0 Å². The van der Waals surface area contributed by atoms with E-state index in [4.69, 9.17) is 4.74 Å². The third-order valence-electron chi connectivity index (χ3n) is 4.60. The van der Waals surface area contributed by atoms with Crippen molar-refractivity contribution < 1.29 is 9.53 Å². The zero-order valence-electron chi connectivity index (χ0n) is 14.0. The number of hydrogen-bond donors (Lipinski definition) is 1. The molecule has 2 fully saturated rings. The van der Waals surface area contributed by atoms with E-state index in [-0.39, 0.29) is 17.9 Å². The minimum Gasteiger partial charge on any atom is -0.367 e. The van der Waals surface area contributed by atoms with Gasteiger partial charge in [-0.3, -0.25) is 9.89 Å². The maximum absolute atomic E-state index is 12.9. The highest BCUT2D eigenvalue weighted by Gasteiger charge is 2.33. The summed E-state index contributed by atoms with van der Waals surface area (Å²) in [7, 11) is 0. The van der Waals surface area contributed by atoms with Gasteiger partial charge in [0.05, 0.1) is 18.0 Å². The van der Waals surface area contributed by atoms with Crippen LogP contribution in [0.4, 0.5) is 0 Å². The lowest BCUT2D eigenvalue weighted by Crippen LogP contribution is -2.42. The predicted molar refractivity (Wildman–Crippen MR) is 91.4 cm³/mol. The van der Waals surface area contributed by atoms with Gasteiger partial charge in [-0.1, -0.05) is 13.8 Å². The molecule has 7 heteroatoms. The van der Waals surface area contributed by atoms with Crippen molar-refractivity contribution in [3.05, 3.63) is 33.5 Å². The maximum Gasteiger partial charge on any atom is 0.264 e. The van der Waals surface area contributed by atoms with E-state index in [1.54, 1.807) is 11.3 Å². The molecule has 1 saturated heterocycles. The Morgan fingerprint density at radius 1 is 1.46 bits per heavy atom. The van der Waals surface area contributed by atoms with E-state index in [2.05, 4.69) is 35.1 Å². The summed E-state index contributed by atoms with van der Waals surface area (Å²) in [4.78, 5) is 20.3. The lowest BCUT2D eigenvalue weighted by Gasteiger charge is -2.31. The fourth-order valence-corrected chi connectivity index (χ4v) is 3.99. The number of carbonyl (C=O) groups excluding carboxylic acids is 1. The fraction of sp³-hybridized carbons (Fsp3) is 0.588. The van der Waals surface area contributed by atoms with Crippen LogP contribution in [0, 0.1) is 0 Å². The molecule has 1 aliphatic carbocycles. The van der Waals surface area contributed by atoms with Gasteiger partial charge in [-0.2, -0.15) is 5.10 Å². The number of nitrogens with zero attached hydrogens (tertiary/aromatic N) is 3. The van der Waals surface area contributed by atoms with Crippen LogP contribution >= 0.6 is 11.3 Å². The number of nitrogens with one attached hydrogen (secondary N) is 1. The summed E-state index contributed by atoms with van der Waals surface area (Å²) in [6, 6.07) is 2.11. The first-order chi connectivity index (χ1) is 11.6. The van der Waals surface area contributed by atoms with Crippen molar-refractivity contribution in [2.45, 2.75) is 44.6 Å². The highest BCUT2D eigenvalue weighted by molar-refractivity contribution is 7.12. The summed E-state index contributed by atoms with van der Waals surface area (Å²) in [5.74, 6) is 2.48. The third-order valence-corrected chi connectivity index (χ3v) is 5.52. The molecule has 1 aliphatic heterocycles. The van der Waals surface area contributed by atoms with E-state index in [0.29, 0.717) is 31.4 Å².